The summed E-state index contributed by atoms with van der Waals surface area (Å²) in [6.45, 7) is 2.08. The molecule has 150 valence electrons. The van der Waals surface area contributed by atoms with Crippen LogP contribution in [0.5, 0.6) is 0 Å². The molecule has 3 rings (SSSR count). The van der Waals surface area contributed by atoms with Crippen molar-refractivity contribution in [1.82, 2.24) is 4.98 Å². The summed E-state index contributed by atoms with van der Waals surface area (Å²) in [5, 5.41) is 20.3. The number of carboxylic acid groups (broad SMARTS) is 1. The lowest BCUT2D eigenvalue weighted by molar-refractivity contribution is -0.137. The first-order chi connectivity index (χ1) is 13.5. The SMILES string of the molecule is CC1=NN=C(c2ccc(NC(=O)CCCC(=O)O)cn2)C2CCCCCCC12. The molecule has 28 heavy (non-hydrogen) atoms. The molecule has 1 fully saturated rings. The molecule has 0 saturated heterocycles. The molecule has 1 aromatic heterocycles. The molecule has 0 bridgehead atoms. The Morgan fingerprint density at radius 1 is 1.07 bits per heavy atom. The van der Waals surface area contributed by atoms with Gasteiger partial charge in [-0.05, 0) is 38.3 Å². The van der Waals surface area contributed by atoms with Gasteiger partial charge in [-0.15, -0.1) is 0 Å². The number of hydrogen-bond donors (Lipinski definition) is 2. The Hall–Kier alpha value is -2.57. The van der Waals surface area contributed by atoms with Crippen molar-refractivity contribution in [2.45, 2.75) is 64.7 Å². The first-order valence-corrected chi connectivity index (χ1v) is 10.1. The number of aliphatic carboxylic acids is 1. The summed E-state index contributed by atoms with van der Waals surface area (Å²) in [6, 6.07) is 3.71. The molecule has 0 spiro atoms. The summed E-state index contributed by atoms with van der Waals surface area (Å²) in [6.07, 6.45) is 9.41. The zero-order valence-electron chi connectivity index (χ0n) is 16.4. The van der Waals surface area contributed by atoms with E-state index in [1.54, 1.807) is 6.20 Å². The number of pyridine rings is 1. The maximum absolute atomic E-state index is 11.9. The Labute approximate surface area is 165 Å². The van der Waals surface area contributed by atoms with E-state index in [4.69, 9.17) is 5.11 Å². The molecule has 7 nitrogen and oxygen atoms in total. The Bertz CT molecular complexity index is 770. The van der Waals surface area contributed by atoms with Crippen LogP contribution >= 0.6 is 0 Å². The van der Waals surface area contributed by atoms with Gasteiger partial charge < -0.3 is 10.4 Å². The zero-order valence-corrected chi connectivity index (χ0v) is 16.4. The number of nitrogens with zero attached hydrogens (tertiary/aromatic N) is 3. The van der Waals surface area contributed by atoms with Crippen LogP contribution in [0, 0.1) is 11.8 Å². The molecule has 2 unspecified atom stereocenters. The molecular formula is C21H28N4O3. The Balaban J connectivity index is 1.66. The summed E-state index contributed by atoms with van der Waals surface area (Å²) in [4.78, 5) is 27.0. The van der Waals surface area contributed by atoms with E-state index in [2.05, 4.69) is 27.4 Å². The fraction of sp³-hybridized carbons (Fsp3) is 0.571. The van der Waals surface area contributed by atoms with Gasteiger partial charge in [0.15, 0.2) is 0 Å². The summed E-state index contributed by atoms with van der Waals surface area (Å²) in [7, 11) is 0. The van der Waals surface area contributed by atoms with E-state index in [-0.39, 0.29) is 18.7 Å². The van der Waals surface area contributed by atoms with Crippen LogP contribution in [0.4, 0.5) is 5.69 Å². The maximum Gasteiger partial charge on any atom is 0.303 e. The number of carbonyl (C=O) groups excluding carboxylic acids is 1. The highest BCUT2D eigenvalue weighted by atomic mass is 16.4. The highest BCUT2D eigenvalue weighted by Gasteiger charge is 2.33. The van der Waals surface area contributed by atoms with Crippen molar-refractivity contribution >= 4 is 29.0 Å². The molecular weight excluding hydrogens is 356 g/mol. The number of carbonyl (C=O) groups is 2. The largest absolute Gasteiger partial charge is 0.481 e. The molecule has 1 aliphatic carbocycles. The van der Waals surface area contributed by atoms with Crippen molar-refractivity contribution < 1.29 is 14.7 Å². The van der Waals surface area contributed by atoms with Gasteiger partial charge in [-0.3, -0.25) is 14.6 Å². The van der Waals surface area contributed by atoms with E-state index >= 15 is 0 Å². The van der Waals surface area contributed by atoms with Gasteiger partial charge in [0, 0.05) is 30.4 Å². The monoisotopic (exact) mass is 384 g/mol. The van der Waals surface area contributed by atoms with Crippen LogP contribution in [0.3, 0.4) is 0 Å². The van der Waals surface area contributed by atoms with Crippen LogP contribution in [0.25, 0.3) is 0 Å². The Morgan fingerprint density at radius 2 is 1.82 bits per heavy atom. The second kappa shape index (κ2) is 9.57. The van der Waals surface area contributed by atoms with E-state index < -0.39 is 5.97 Å². The number of amides is 1. The first-order valence-electron chi connectivity index (χ1n) is 10.1. The molecule has 1 aliphatic heterocycles. The highest BCUT2D eigenvalue weighted by molar-refractivity contribution is 6.06. The average Bonchev–Trinajstić information content (AvgIpc) is 2.63. The predicted octanol–water partition coefficient (Wildman–Crippen LogP) is 4.04. The van der Waals surface area contributed by atoms with Crippen LogP contribution in [0.1, 0.15) is 70.4 Å². The van der Waals surface area contributed by atoms with E-state index in [0.717, 1.165) is 30.0 Å². The topological polar surface area (TPSA) is 104 Å². The molecule has 2 heterocycles. The van der Waals surface area contributed by atoms with Crippen LogP contribution in [-0.4, -0.2) is 33.4 Å². The normalized spacial score (nSPS) is 22.2. The molecule has 1 aromatic rings. The molecule has 0 radical (unpaired) electrons. The van der Waals surface area contributed by atoms with Gasteiger partial charge >= 0.3 is 5.97 Å². The van der Waals surface area contributed by atoms with E-state index in [9.17, 15) is 9.59 Å². The number of carboxylic acids is 1. The molecule has 7 heteroatoms. The minimum Gasteiger partial charge on any atom is -0.481 e. The fourth-order valence-electron chi connectivity index (χ4n) is 4.08. The fourth-order valence-corrected chi connectivity index (χ4v) is 4.08. The molecule has 2 aliphatic rings. The number of anilines is 1. The summed E-state index contributed by atoms with van der Waals surface area (Å²) in [5.74, 6) is -0.284. The quantitative estimate of drug-likeness (QED) is 0.772. The van der Waals surface area contributed by atoms with Gasteiger partial charge in [-0.1, -0.05) is 25.7 Å². The number of nitrogens with one attached hydrogen (secondary N) is 1. The number of rotatable bonds is 6. The van der Waals surface area contributed by atoms with Crippen LogP contribution in [-0.2, 0) is 9.59 Å². The van der Waals surface area contributed by atoms with Crippen molar-refractivity contribution in [2.75, 3.05) is 5.32 Å². The van der Waals surface area contributed by atoms with Crippen LogP contribution in [0.15, 0.2) is 28.5 Å². The first kappa shape index (κ1) is 20.2. The van der Waals surface area contributed by atoms with Gasteiger partial charge in [0.1, 0.15) is 0 Å². The lowest BCUT2D eigenvalue weighted by Gasteiger charge is -2.32. The van der Waals surface area contributed by atoms with E-state index in [1.807, 2.05) is 12.1 Å². The van der Waals surface area contributed by atoms with Gasteiger partial charge in [-0.25, -0.2) is 0 Å². The van der Waals surface area contributed by atoms with Crippen molar-refractivity contribution in [1.29, 1.82) is 0 Å². The van der Waals surface area contributed by atoms with E-state index in [0.29, 0.717) is 23.9 Å². The maximum atomic E-state index is 11.9. The minimum absolute atomic E-state index is 0.00702. The highest BCUT2D eigenvalue weighted by Crippen LogP contribution is 2.34. The van der Waals surface area contributed by atoms with Gasteiger partial charge in [-0.2, -0.15) is 10.2 Å². The summed E-state index contributed by atoms with van der Waals surface area (Å²) >= 11 is 0. The lowest BCUT2D eigenvalue weighted by Crippen LogP contribution is -2.33. The van der Waals surface area contributed by atoms with Crippen LogP contribution < -0.4 is 5.32 Å². The Morgan fingerprint density at radius 3 is 2.50 bits per heavy atom. The van der Waals surface area contributed by atoms with Crippen molar-refractivity contribution in [3.05, 3.63) is 24.0 Å². The average molecular weight is 384 g/mol. The molecule has 1 amide bonds. The van der Waals surface area contributed by atoms with Crippen LogP contribution in [0.2, 0.25) is 0 Å². The van der Waals surface area contributed by atoms with Gasteiger partial charge in [0.05, 0.1) is 23.3 Å². The molecule has 2 N–H and O–H groups in total. The lowest BCUT2D eigenvalue weighted by atomic mass is 9.75. The van der Waals surface area contributed by atoms with Crippen molar-refractivity contribution in [3.8, 4) is 0 Å². The molecule has 0 aromatic carbocycles. The second-order valence-corrected chi connectivity index (χ2v) is 7.66. The summed E-state index contributed by atoms with van der Waals surface area (Å²) < 4.78 is 0. The van der Waals surface area contributed by atoms with Crippen molar-refractivity contribution in [3.63, 3.8) is 0 Å². The van der Waals surface area contributed by atoms with Crippen molar-refractivity contribution in [2.24, 2.45) is 22.0 Å². The third-order valence-electron chi connectivity index (χ3n) is 5.57. The zero-order chi connectivity index (χ0) is 19.9. The van der Waals surface area contributed by atoms with Gasteiger partial charge in [0.2, 0.25) is 5.91 Å². The standard InChI is InChI=1S/C21H28N4O3/c1-14-16-7-4-2-3-5-8-17(16)21(25-24-14)18-12-11-15(13-22-18)23-19(26)9-6-10-20(27)28/h11-13,16-17H,2-10H2,1H3,(H,23,26)(H,27,28). The molecule has 1 saturated carbocycles. The molecule has 2 atom stereocenters. The predicted molar refractivity (Wildman–Crippen MR) is 109 cm³/mol. The number of hydrogen-bond acceptors (Lipinski definition) is 5. The smallest absolute Gasteiger partial charge is 0.303 e. The number of aromatic nitrogens is 1. The number of fused-ring (bicyclic) bond motifs is 1. The third-order valence-corrected chi connectivity index (χ3v) is 5.57. The van der Waals surface area contributed by atoms with E-state index in [1.165, 1.54) is 25.7 Å². The summed E-state index contributed by atoms with van der Waals surface area (Å²) in [5.41, 5.74) is 3.50. The minimum atomic E-state index is -0.891. The van der Waals surface area contributed by atoms with Gasteiger partial charge in [0.25, 0.3) is 0 Å². The third kappa shape index (κ3) is 5.24. The second-order valence-electron chi connectivity index (χ2n) is 7.66. The Kier molecular flexibility index (Phi) is 6.90.